The zero-order valence-electron chi connectivity index (χ0n) is 15.4. The van der Waals surface area contributed by atoms with Gasteiger partial charge in [-0.15, -0.1) is 11.3 Å². The molecule has 0 bridgehead atoms. The second kappa shape index (κ2) is 7.44. The molecule has 7 heteroatoms. The van der Waals surface area contributed by atoms with Crippen molar-refractivity contribution in [3.05, 3.63) is 81.0 Å². The van der Waals surface area contributed by atoms with Crippen molar-refractivity contribution in [2.75, 3.05) is 10.6 Å². The van der Waals surface area contributed by atoms with E-state index in [0.717, 1.165) is 16.9 Å². The van der Waals surface area contributed by atoms with Crippen molar-refractivity contribution in [2.45, 2.75) is 13.3 Å². The van der Waals surface area contributed by atoms with Gasteiger partial charge in [-0.25, -0.2) is 0 Å². The second-order valence-corrected chi connectivity index (χ2v) is 7.76. The third kappa shape index (κ3) is 3.86. The van der Waals surface area contributed by atoms with Crippen LogP contribution in [0, 0.1) is 0 Å². The van der Waals surface area contributed by atoms with Gasteiger partial charge in [0.05, 0.1) is 16.2 Å². The first kappa shape index (κ1) is 18.8. The van der Waals surface area contributed by atoms with Gasteiger partial charge in [-0.3, -0.25) is 19.2 Å². The normalized spacial score (nSPS) is 12.2. The second-order valence-electron chi connectivity index (χ2n) is 6.68. The van der Waals surface area contributed by atoms with Gasteiger partial charge < -0.3 is 10.6 Å². The Balaban J connectivity index is 1.47. The van der Waals surface area contributed by atoms with E-state index in [1.807, 2.05) is 0 Å². The van der Waals surface area contributed by atoms with E-state index in [1.165, 1.54) is 6.92 Å². The number of ketones is 2. The minimum atomic E-state index is -0.309. The van der Waals surface area contributed by atoms with Crippen molar-refractivity contribution in [3.63, 3.8) is 0 Å². The summed E-state index contributed by atoms with van der Waals surface area (Å²) < 4.78 is 0. The lowest BCUT2D eigenvalue weighted by Gasteiger charge is -2.07. The zero-order chi connectivity index (χ0) is 20.5. The fraction of sp³-hybridized carbons (Fsp3) is 0.0909. The molecule has 1 aliphatic heterocycles. The summed E-state index contributed by atoms with van der Waals surface area (Å²) in [5.41, 5.74) is 3.06. The molecule has 6 nitrogen and oxygen atoms in total. The monoisotopic (exact) mass is 404 g/mol. The molecule has 2 heterocycles. The first-order valence-corrected chi connectivity index (χ1v) is 9.72. The summed E-state index contributed by atoms with van der Waals surface area (Å²) >= 11 is 1.14. The van der Waals surface area contributed by atoms with Gasteiger partial charge in [-0.1, -0.05) is 12.1 Å². The lowest BCUT2D eigenvalue weighted by Crippen LogP contribution is -2.10. The minimum absolute atomic E-state index is 0.0779. The lowest BCUT2D eigenvalue weighted by atomic mass is 10.0. The number of hydrogen-bond acceptors (Lipinski definition) is 5. The molecule has 3 aromatic rings. The summed E-state index contributed by atoms with van der Waals surface area (Å²) in [4.78, 5) is 48.8. The number of nitrogens with one attached hydrogen (secondary N) is 2. The van der Waals surface area contributed by atoms with Gasteiger partial charge in [0.2, 0.25) is 5.91 Å². The van der Waals surface area contributed by atoms with E-state index in [-0.39, 0.29) is 23.4 Å². The topological polar surface area (TPSA) is 92.3 Å². The van der Waals surface area contributed by atoms with Crippen molar-refractivity contribution in [1.29, 1.82) is 0 Å². The van der Waals surface area contributed by atoms with E-state index in [1.54, 1.807) is 54.6 Å². The van der Waals surface area contributed by atoms with E-state index in [0.29, 0.717) is 38.7 Å². The van der Waals surface area contributed by atoms with E-state index < -0.39 is 0 Å². The van der Waals surface area contributed by atoms with Crippen LogP contribution >= 0.6 is 11.3 Å². The van der Waals surface area contributed by atoms with Gasteiger partial charge in [-0.2, -0.15) is 0 Å². The average Bonchev–Trinajstić information content (AvgIpc) is 3.33. The molecular formula is C22H16N2O4S. The van der Waals surface area contributed by atoms with Gasteiger partial charge >= 0.3 is 0 Å². The predicted molar refractivity (Wildman–Crippen MR) is 111 cm³/mol. The van der Waals surface area contributed by atoms with Crippen molar-refractivity contribution >= 4 is 46.1 Å². The van der Waals surface area contributed by atoms with Crippen LogP contribution < -0.4 is 10.6 Å². The van der Waals surface area contributed by atoms with Crippen molar-refractivity contribution in [3.8, 4) is 0 Å². The van der Waals surface area contributed by atoms with Crippen LogP contribution in [0.25, 0.3) is 0 Å². The van der Waals surface area contributed by atoms with Gasteiger partial charge in [0.1, 0.15) is 0 Å². The van der Waals surface area contributed by atoms with Crippen LogP contribution in [0.4, 0.5) is 11.4 Å². The number of benzene rings is 2. The number of fused-ring (bicyclic) bond motifs is 1. The van der Waals surface area contributed by atoms with E-state index >= 15 is 0 Å². The Morgan fingerprint density at radius 1 is 0.931 bits per heavy atom. The smallest absolute Gasteiger partial charge is 0.265 e. The molecule has 0 unspecified atom stereocenters. The number of rotatable bonds is 5. The highest BCUT2D eigenvalue weighted by atomic mass is 32.1. The fourth-order valence-corrected chi connectivity index (χ4v) is 3.87. The molecule has 144 valence electrons. The number of amides is 2. The number of Topliss-reactive ketones (excluding diaryl/α,β-unsaturated/α-hetero) is 1. The first-order valence-electron chi connectivity index (χ1n) is 8.90. The Morgan fingerprint density at radius 3 is 2.31 bits per heavy atom. The molecule has 29 heavy (non-hydrogen) atoms. The number of thiophene rings is 1. The SMILES string of the molecule is CC(=O)c1ccc(C(=O)Nc2ccc(C(=O)c3ccc4c(c3)NC(=O)C4)cc2)s1. The predicted octanol–water partition coefficient (Wildman–Crippen LogP) is 3.93. The average molecular weight is 404 g/mol. The summed E-state index contributed by atoms with van der Waals surface area (Å²) in [6.45, 7) is 1.46. The Morgan fingerprint density at radius 2 is 1.62 bits per heavy atom. The van der Waals surface area contributed by atoms with E-state index in [2.05, 4.69) is 10.6 Å². The van der Waals surface area contributed by atoms with E-state index in [4.69, 9.17) is 0 Å². The Labute approximate surface area is 170 Å². The standard InChI is InChI=1S/C22H16N2O4S/c1-12(25)18-8-9-19(29-18)22(28)23-16-6-4-13(5-7-16)21(27)15-3-2-14-11-20(26)24-17(14)10-15/h2-10H,11H2,1H3,(H,23,28)(H,24,26). The molecule has 0 atom stereocenters. The molecule has 0 aliphatic carbocycles. The Hall–Kier alpha value is -3.58. The summed E-state index contributed by atoms with van der Waals surface area (Å²) in [7, 11) is 0. The van der Waals surface area contributed by atoms with Crippen LogP contribution in [-0.2, 0) is 11.2 Å². The van der Waals surface area contributed by atoms with Crippen molar-refractivity contribution in [1.82, 2.24) is 0 Å². The highest BCUT2D eigenvalue weighted by Crippen LogP contribution is 2.25. The molecule has 0 saturated carbocycles. The van der Waals surface area contributed by atoms with Crippen LogP contribution in [-0.4, -0.2) is 23.4 Å². The molecule has 4 rings (SSSR count). The molecule has 0 radical (unpaired) electrons. The van der Waals surface area contributed by atoms with Crippen LogP contribution in [0.3, 0.4) is 0 Å². The quantitative estimate of drug-likeness (QED) is 0.630. The number of carbonyl (C=O) groups is 4. The van der Waals surface area contributed by atoms with Crippen LogP contribution in [0.1, 0.15) is 47.8 Å². The van der Waals surface area contributed by atoms with Gasteiger partial charge in [0.25, 0.3) is 5.91 Å². The van der Waals surface area contributed by atoms with Crippen LogP contribution in [0.2, 0.25) is 0 Å². The molecule has 0 fully saturated rings. The summed E-state index contributed by atoms with van der Waals surface area (Å²) in [5, 5.41) is 5.50. The molecule has 0 saturated heterocycles. The largest absolute Gasteiger partial charge is 0.326 e. The maximum atomic E-state index is 12.7. The molecule has 1 aromatic heterocycles. The molecular weight excluding hydrogens is 388 g/mol. The molecule has 2 amide bonds. The molecule has 2 N–H and O–H groups in total. The highest BCUT2D eigenvalue weighted by molar-refractivity contribution is 7.16. The number of anilines is 2. The van der Waals surface area contributed by atoms with Crippen LogP contribution in [0.15, 0.2) is 54.6 Å². The summed E-state index contributed by atoms with van der Waals surface area (Å²) in [6.07, 6.45) is 0.330. The minimum Gasteiger partial charge on any atom is -0.326 e. The Kier molecular flexibility index (Phi) is 4.82. The summed E-state index contributed by atoms with van der Waals surface area (Å²) in [6, 6.07) is 15.0. The molecule has 0 spiro atoms. The Bertz CT molecular complexity index is 1160. The highest BCUT2D eigenvalue weighted by Gasteiger charge is 2.19. The maximum absolute atomic E-state index is 12.7. The van der Waals surface area contributed by atoms with Gasteiger partial charge in [-0.05, 0) is 55.0 Å². The van der Waals surface area contributed by atoms with Gasteiger partial charge in [0, 0.05) is 22.5 Å². The van der Waals surface area contributed by atoms with Crippen LogP contribution in [0.5, 0.6) is 0 Å². The van der Waals surface area contributed by atoms with Crippen molar-refractivity contribution < 1.29 is 19.2 Å². The fourth-order valence-electron chi connectivity index (χ4n) is 3.07. The zero-order valence-corrected chi connectivity index (χ0v) is 16.3. The molecule has 2 aromatic carbocycles. The third-order valence-electron chi connectivity index (χ3n) is 4.58. The van der Waals surface area contributed by atoms with E-state index in [9.17, 15) is 19.2 Å². The number of hydrogen-bond donors (Lipinski definition) is 2. The van der Waals surface area contributed by atoms with Crippen molar-refractivity contribution in [2.24, 2.45) is 0 Å². The lowest BCUT2D eigenvalue weighted by molar-refractivity contribution is -0.115. The first-order chi connectivity index (χ1) is 13.9. The molecule has 1 aliphatic rings. The number of carbonyl (C=O) groups excluding carboxylic acids is 4. The summed E-state index contributed by atoms with van der Waals surface area (Å²) in [5.74, 6) is -0.638. The maximum Gasteiger partial charge on any atom is 0.265 e. The third-order valence-corrected chi connectivity index (χ3v) is 5.76. The van der Waals surface area contributed by atoms with Gasteiger partial charge in [0.15, 0.2) is 11.6 Å².